The van der Waals surface area contributed by atoms with Crippen LogP contribution in [0.15, 0.2) is 36.4 Å². The van der Waals surface area contributed by atoms with E-state index in [1.54, 1.807) is 24.3 Å². The van der Waals surface area contributed by atoms with Crippen LogP contribution in [-0.2, 0) is 6.42 Å². The lowest BCUT2D eigenvalue weighted by Crippen LogP contribution is -2.32. The molecule has 1 aliphatic heterocycles. The zero-order valence-electron chi connectivity index (χ0n) is 14.0. The molecule has 0 fully saturated rings. The lowest BCUT2D eigenvalue weighted by Gasteiger charge is -2.33. The number of fused-ring (bicyclic) bond motifs is 1. The fraction of sp³-hybridized carbons (Fsp3) is 0.368. The Morgan fingerprint density at radius 1 is 1.21 bits per heavy atom. The van der Waals surface area contributed by atoms with Crippen molar-refractivity contribution in [2.45, 2.75) is 38.6 Å². The molecule has 0 bridgehead atoms. The summed E-state index contributed by atoms with van der Waals surface area (Å²) in [5, 5.41) is 10.2. The van der Waals surface area contributed by atoms with E-state index in [9.17, 15) is 9.50 Å². The van der Waals surface area contributed by atoms with Crippen LogP contribution in [0.3, 0.4) is 0 Å². The van der Waals surface area contributed by atoms with Gasteiger partial charge in [-0.25, -0.2) is 4.39 Å². The van der Waals surface area contributed by atoms with E-state index in [0.29, 0.717) is 11.5 Å². The van der Waals surface area contributed by atoms with Gasteiger partial charge in [0.1, 0.15) is 17.2 Å². The molecule has 5 heteroatoms. The van der Waals surface area contributed by atoms with Crippen LogP contribution in [0.4, 0.5) is 4.39 Å². The van der Waals surface area contributed by atoms with Gasteiger partial charge in [-0.3, -0.25) is 0 Å². The second-order valence-electron chi connectivity index (χ2n) is 6.46. The van der Waals surface area contributed by atoms with Crippen molar-refractivity contribution in [3.63, 3.8) is 0 Å². The monoisotopic (exact) mass is 332 g/mol. The van der Waals surface area contributed by atoms with Crippen LogP contribution in [-0.4, -0.2) is 17.8 Å². The average Bonchev–Trinajstić information content (AvgIpc) is 2.54. The molecule has 0 radical (unpaired) electrons. The van der Waals surface area contributed by atoms with Gasteiger partial charge in [0.2, 0.25) is 6.29 Å². The van der Waals surface area contributed by atoms with Gasteiger partial charge in [0, 0.05) is 6.07 Å². The van der Waals surface area contributed by atoms with E-state index >= 15 is 0 Å². The number of hydrogen-bond acceptors (Lipinski definition) is 4. The minimum Gasteiger partial charge on any atom is -0.493 e. The fourth-order valence-corrected chi connectivity index (χ4v) is 2.77. The van der Waals surface area contributed by atoms with Crippen LogP contribution in [0.1, 0.15) is 37.7 Å². The summed E-state index contributed by atoms with van der Waals surface area (Å²) in [5.74, 6) is 1.01. The quantitative estimate of drug-likeness (QED) is 0.860. The van der Waals surface area contributed by atoms with E-state index < -0.39 is 12.1 Å². The Kier molecular flexibility index (Phi) is 4.37. The molecule has 0 amide bonds. The number of aliphatic hydroxyl groups is 1. The highest BCUT2D eigenvalue weighted by Crippen LogP contribution is 2.41. The molecule has 1 atom stereocenters. The predicted molar refractivity (Wildman–Crippen MR) is 88.0 cm³/mol. The highest BCUT2D eigenvalue weighted by Gasteiger charge is 2.28. The molecule has 0 aliphatic carbocycles. The maximum atomic E-state index is 13.8. The van der Waals surface area contributed by atoms with Crippen LogP contribution >= 0.6 is 0 Å². The van der Waals surface area contributed by atoms with Gasteiger partial charge >= 0.3 is 0 Å². The van der Waals surface area contributed by atoms with E-state index in [0.717, 1.165) is 24.2 Å². The summed E-state index contributed by atoms with van der Waals surface area (Å²) < 4.78 is 30.7. The van der Waals surface area contributed by atoms with Crippen LogP contribution in [0, 0.1) is 5.82 Å². The maximum absolute atomic E-state index is 13.8. The van der Waals surface area contributed by atoms with Crippen molar-refractivity contribution in [3.05, 3.63) is 53.3 Å². The summed E-state index contributed by atoms with van der Waals surface area (Å²) in [6.45, 7) is 4.07. The SMILES string of the molecule is COc1cc2c(cc1OC(O)c1ccccc1F)CCC(C)(C)O2. The van der Waals surface area contributed by atoms with Crippen molar-refractivity contribution in [3.8, 4) is 17.2 Å². The summed E-state index contributed by atoms with van der Waals surface area (Å²) in [5.41, 5.74) is 0.827. The molecule has 2 aromatic carbocycles. The maximum Gasteiger partial charge on any atom is 0.227 e. The van der Waals surface area contributed by atoms with Crippen molar-refractivity contribution in [2.24, 2.45) is 0 Å². The zero-order chi connectivity index (χ0) is 17.3. The summed E-state index contributed by atoms with van der Waals surface area (Å²) in [6.07, 6.45) is 0.291. The molecule has 1 unspecified atom stereocenters. The molecule has 4 nitrogen and oxygen atoms in total. The second-order valence-corrected chi connectivity index (χ2v) is 6.46. The number of ether oxygens (including phenoxy) is 3. The van der Waals surface area contributed by atoms with E-state index in [1.165, 1.54) is 19.2 Å². The number of rotatable bonds is 4. The van der Waals surface area contributed by atoms with Gasteiger partial charge < -0.3 is 19.3 Å². The van der Waals surface area contributed by atoms with Crippen molar-refractivity contribution >= 4 is 0 Å². The Balaban J connectivity index is 1.90. The van der Waals surface area contributed by atoms with Crippen LogP contribution in [0.2, 0.25) is 0 Å². The van der Waals surface area contributed by atoms with E-state index in [1.807, 2.05) is 13.8 Å². The number of benzene rings is 2. The topological polar surface area (TPSA) is 47.9 Å². The molecular weight excluding hydrogens is 311 g/mol. The molecule has 3 rings (SSSR count). The molecule has 24 heavy (non-hydrogen) atoms. The van der Waals surface area contributed by atoms with Gasteiger partial charge in [0.05, 0.1) is 12.7 Å². The minimum absolute atomic E-state index is 0.0784. The molecule has 0 spiro atoms. The standard InChI is InChI=1S/C19H21FO4/c1-19(2)9-8-12-10-17(16(22-3)11-15(12)24-19)23-18(21)13-6-4-5-7-14(13)20/h4-7,10-11,18,21H,8-9H2,1-3H3. The molecule has 1 heterocycles. The van der Waals surface area contributed by atoms with Gasteiger partial charge in [-0.05, 0) is 50.5 Å². The molecule has 2 aromatic rings. The van der Waals surface area contributed by atoms with E-state index in [-0.39, 0.29) is 11.2 Å². The van der Waals surface area contributed by atoms with Crippen LogP contribution < -0.4 is 14.2 Å². The average molecular weight is 332 g/mol. The van der Waals surface area contributed by atoms with Crippen molar-refractivity contribution in [1.29, 1.82) is 0 Å². The van der Waals surface area contributed by atoms with Gasteiger partial charge in [-0.1, -0.05) is 12.1 Å². The molecule has 0 saturated carbocycles. The highest BCUT2D eigenvalue weighted by molar-refractivity contribution is 5.52. The van der Waals surface area contributed by atoms with Crippen molar-refractivity contribution in [1.82, 2.24) is 0 Å². The first-order chi connectivity index (χ1) is 11.4. The molecule has 1 aliphatic rings. The Morgan fingerprint density at radius 2 is 1.96 bits per heavy atom. The van der Waals surface area contributed by atoms with Crippen molar-refractivity contribution in [2.75, 3.05) is 7.11 Å². The molecule has 0 saturated heterocycles. The summed E-state index contributed by atoms with van der Waals surface area (Å²) in [7, 11) is 1.51. The van der Waals surface area contributed by atoms with Gasteiger partial charge in [0.15, 0.2) is 11.5 Å². The zero-order valence-corrected chi connectivity index (χ0v) is 14.0. The third-order valence-corrected chi connectivity index (χ3v) is 4.14. The number of aliphatic hydroxyl groups excluding tert-OH is 1. The Morgan fingerprint density at radius 3 is 2.67 bits per heavy atom. The van der Waals surface area contributed by atoms with Gasteiger partial charge in [-0.15, -0.1) is 0 Å². The summed E-state index contributed by atoms with van der Waals surface area (Å²) in [4.78, 5) is 0. The second kappa shape index (κ2) is 6.32. The third kappa shape index (κ3) is 3.31. The van der Waals surface area contributed by atoms with E-state index in [4.69, 9.17) is 14.2 Å². The lowest BCUT2D eigenvalue weighted by atomic mass is 9.94. The molecule has 0 aromatic heterocycles. The minimum atomic E-state index is -1.42. The smallest absolute Gasteiger partial charge is 0.227 e. The summed E-state index contributed by atoms with van der Waals surface area (Å²) >= 11 is 0. The first-order valence-electron chi connectivity index (χ1n) is 7.89. The fourth-order valence-electron chi connectivity index (χ4n) is 2.77. The van der Waals surface area contributed by atoms with E-state index in [2.05, 4.69) is 0 Å². The molecular formula is C19H21FO4. The van der Waals surface area contributed by atoms with Gasteiger partial charge in [0.25, 0.3) is 0 Å². The molecule has 128 valence electrons. The van der Waals surface area contributed by atoms with Crippen LogP contribution in [0.5, 0.6) is 17.2 Å². The van der Waals surface area contributed by atoms with Crippen LogP contribution in [0.25, 0.3) is 0 Å². The molecule has 1 N–H and O–H groups in total. The summed E-state index contributed by atoms with van der Waals surface area (Å²) in [6, 6.07) is 9.50. The third-order valence-electron chi connectivity index (χ3n) is 4.14. The number of halogens is 1. The van der Waals surface area contributed by atoms with Gasteiger partial charge in [-0.2, -0.15) is 0 Å². The predicted octanol–water partition coefficient (Wildman–Crippen LogP) is 4.01. The Bertz CT molecular complexity index is 742. The first kappa shape index (κ1) is 16.6. The first-order valence-corrected chi connectivity index (χ1v) is 7.89. The lowest BCUT2D eigenvalue weighted by molar-refractivity contribution is -0.0239. The highest BCUT2D eigenvalue weighted by atomic mass is 19.1. The largest absolute Gasteiger partial charge is 0.493 e. The van der Waals surface area contributed by atoms with Crippen molar-refractivity contribution < 1.29 is 23.7 Å². The number of methoxy groups -OCH3 is 1. The Hall–Kier alpha value is -2.27. The normalized spacial score (nSPS) is 16.7. The number of hydrogen-bond donors (Lipinski definition) is 1. The Labute approximate surface area is 140 Å². The number of aryl methyl sites for hydroxylation is 1.